The third-order valence-electron chi connectivity index (χ3n) is 4.85. The number of amides is 2. The van der Waals surface area contributed by atoms with Crippen LogP contribution in [0.3, 0.4) is 0 Å². The molecule has 1 heterocycles. The lowest BCUT2D eigenvalue weighted by Gasteiger charge is -2.41. The Balaban J connectivity index is 1.76. The van der Waals surface area contributed by atoms with E-state index in [0.29, 0.717) is 22.7 Å². The number of benzene rings is 2. The zero-order valence-corrected chi connectivity index (χ0v) is 17.3. The van der Waals surface area contributed by atoms with Gasteiger partial charge in [-0.05, 0) is 49.8 Å². The topological polar surface area (TPSA) is 109 Å². The molecule has 0 fully saturated rings. The quantitative estimate of drug-likeness (QED) is 0.453. The summed E-state index contributed by atoms with van der Waals surface area (Å²) in [6.07, 6.45) is 1.36. The predicted molar refractivity (Wildman–Crippen MR) is 114 cm³/mol. The number of rotatable bonds is 5. The minimum Gasteiger partial charge on any atom is -0.497 e. The fourth-order valence-corrected chi connectivity index (χ4v) is 3.17. The normalized spacial score (nSPS) is 14.7. The summed E-state index contributed by atoms with van der Waals surface area (Å²) in [7, 11) is 1.53. The zero-order valence-electron chi connectivity index (χ0n) is 17.3. The fourth-order valence-electron chi connectivity index (χ4n) is 3.17. The smallest absolute Gasteiger partial charge is 0.349 e. The van der Waals surface area contributed by atoms with Crippen LogP contribution in [0, 0.1) is 11.3 Å². The number of nitrogens with one attached hydrogen (secondary N) is 1. The summed E-state index contributed by atoms with van der Waals surface area (Å²) in [6.45, 7) is 2.58. The van der Waals surface area contributed by atoms with Crippen LogP contribution in [-0.4, -0.2) is 37.0 Å². The first-order valence-corrected chi connectivity index (χ1v) is 9.44. The van der Waals surface area contributed by atoms with Gasteiger partial charge in [-0.15, -0.1) is 0 Å². The number of carbonyl (C=O) groups is 3. The number of esters is 1. The SMILES string of the molecule is COc1ccc(/C=C(\C#N)C(=O)OCC(=O)N2c3ccccc3NC(=O)C2(C)C)cc1. The van der Waals surface area contributed by atoms with E-state index >= 15 is 0 Å². The maximum atomic E-state index is 12.9. The highest BCUT2D eigenvalue weighted by molar-refractivity contribution is 6.14. The molecular formula is C23H21N3O5. The van der Waals surface area contributed by atoms with Crippen molar-refractivity contribution < 1.29 is 23.9 Å². The van der Waals surface area contributed by atoms with Crippen molar-refractivity contribution in [3.8, 4) is 11.8 Å². The highest BCUT2D eigenvalue weighted by Gasteiger charge is 2.43. The third-order valence-corrected chi connectivity index (χ3v) is 4.85. The Bertz CT molecular complexity index is 1100. The van der Waals surface area contributed by atoms with Gasteiger partial charge in [-0.2, -0.15) is 5.26 Å². The maximum Gasteiger partial charge on any atom is 0.349 e. The van der Waals surface area contributed by atoms with Gasteiger partial charge in [-0.1, -0.05) is 24.3 Å². The van der Waals surface area contributed by atoms with Crippen LogP contribution >= 0.6 is 0 Å². The number of anilines is 2. The lowest BCUT2D eigenvalue weighted by molar-refractivity contribution is -0.144. The van der Waals surface area contributed by atoms with Crippen LogP contribution in [0.25, 0.3) is 6.08 Å². The average Bonchev–Trinajstić information content (AvgIpc) is 2.76. The number of nitriles is 1. The minimum absolute atomic E-state index is 0.256. The van der Waals surface area contributed by atoms with E-state index in [0.717, 1.165) is 0 Å². The highest BCUT2D eigenvalue weighted by Crippen LogP contribution is 2.36. The number of fused-ring (bicyclic) bond motifs is 1. The number of hydrogen-bond donors (Lipinski definition) is 1. The molecule has 0 spiro atoms. The van der Waals surface area contributed by atoms with Crippen LogP contribution in [0.5, 0.6) is 5.75 Å². The highest BCUT2D eigenvalue weighted by atomic mass is 16.5. The molecule has 158 valence electrons. The van der Waals surface area contributed by atoms with Gasteiger partial charge in [-0.25, -0.2) is 4.79 Å². The van der Waals surface area contributed by atoms with E-state index in [-0.39, 0.29) is 11.5 Å². The Morgan fingerprint density at radius 1 is 1.16 bits per heavy atom. The summed E-state index contributed by atoms with van der Waals surface area (Å²) in [4.78, 5) is 39.1. The second-order valence-electron chi connectivity index (χ2n) is 7.28. The molecule has 0 aromatic heterocycles. The molecule has 3 rings (SSSR count). The first-order chi connectivity index (χ1) is 14.8. The molecule has 0 bridgehead atoms. The van der Waals surface area contributed by atoms with E-state index in [1.165, 1.54) is 18.1 Å². The van der Waals surface area contributed by atoms with Crippen LogP contribution in [0.1, 0.15) is 19.4 Å². The van der Waals surface area contributed by atoms with Gasteiger partial charge in [0, 0.05) is 0 Å². The first-order valence-electron chi connectivity index (χ1n) is 9.44. The summed E-state index contributed by atoms with van der Waals surface area (Å²) in [5, 5.41) is 12.1. The summed E-state index contributed by atoms with van der Waals surface area (Å²) in [5.74, 6) is -1.23. The lowest BCUT2D eigenvalue weighted by atomic mass is 9.96. The van der Waals surface area contributed by atoms with Crippen LogP contribution in [0.2, 0.25) is 0 Å². The largest absolute Gasteiger partial charge is 0.497 e. The average molecular weight is 419 g/mol. The van der Waals surface area contributed by atoms with Crippen LogP contribution in [0.15, 0.2) is 54.1 Å². The molecule has 0 radical (unpaired) electrons. The lowest BCUT2D eigenvalue weighted by Crippen LogP contribution is -2.59. The zero-order chi connectivity index (χ0) is 22.6. The van der Waals surface area contributed by atoms with Gasteiger partial charge in [-0.3, -0.25) is 14.5 Å². The molecular weight excluding hydrogens is 398 g/mol. The third kappa shape index (κ3) is 4.41. The Labute approximate surface area is 179 Å². The molecule has 8 heteroatoms. The van der Waals surface area contributed by atoms with Crippen molar-refractivity contribution in [2.24, 2.45) is 0 Å². The van der Waals surface area contributed by atoms with E-state index in [2.05, 4.69) is 5.32 Å². The van der Waals surface area contributed by atoms with Crippen molar-refractivity contribution in [2.75, 3.05) is 23.9 Å². The number of nitrogens with zero attached hydrogens (tertiary/aromatic N) is 2. The molecule has 2 aromatic carbocycles. The summed E-state index contributed by atoms with van der Waals surface area (Å²) >= 11 is 0. The van der Waals surface area contributed by atoms with Gasteiger partial charge in [0.2, 0.25) is 5.91 Å². The fraction of sp³-hybridized carbons (Fsp3) is 0.217. The predicted octanol–water partition coefficient (Wildman–Crippen LogP) is 2.91. The molecule has 8 nitrogen and oxygen atoms in total. The van der Waals surface area contributed by atoms with E-state index in [9.17, 15) is 19.6 Å². The molecule has 0 unspecified atom stereocenters. The minimum atomic E-state index is -1.19. The van der Waals surface area contributed by atoms with Crippen molar-refractivity contribution in [3.05, 3.63) is 59.7 Å². The second-order valence-corrected chi connectivity index (χ2v) is 7.28. The Hall–Kier alpha value is -4.12. The second kappa shape index (κ2) is 8.71. The molecule has 1 N–H and O–H groups in total. The maximum absolute atomic E-state index is 12.9. The molecule has 31 heavy (non-hydrogen) atoms. The summed E-state index contributed by atoms with van der Waals surface area (Å²) in [5.41, 5.74) is 0.151. The molecule has 2 amide bonds. The number of ether oxygens (including phenoxy) is 2. The van der Waals surface area contributed by atoms with Crippen LogP contribution in [0.4, 0.5) is 11.4 Å². The Kier molecular flexibility index (Phi) is 6.07. The molecule has 0 saturated carbocycles. The van der Waals surface area contributed by atoms with Gasteiger partial charge in [0.25, 0.3) is 5.91 Å². The number of carbonyl (C=O) groups excluding carboxylic acids is 3. The molecule has 1 aliphatic rings. The van der Waals surface area contributed by atoms with Gasteiger partial charge < -0.3 is 14.8 Å². The number of para-hydroxylation sites is 2. The molecule has 0 saturated heterocycles. The van der Waals surface area contributed by atoms with E-state index in [1.807, 2.05) is 0 Å². The number of hydrogen-bond acceptors (Lipinski definition) is 6. The molecule has 0 aliphatic carbocycles. The Morgan fingerprint density at radius 3 is 2.48 bits per heavy atom. The van der Waals surface area contributed by atoms with Crippen molar-refractivity contribution in [1.29, 1.82) is 5.26 Å². The summed E-state index contributed by atoms with van der Waals surface area (Å²) < 4.78 is 10.2. The van der Waals surface area contributed by atoms with Crippen LogP contribution in [-0.2, 0) is 19.1 Å². The molecule has 2 aromatic rings. The van der Waals surface area contributed by atoms with E-state index in [4.69, 9.17) is 9.47 Å². The summed E-state index contributed by atoms with van der Waals surface area (Å²) in [6, 6.07) is 15.4. The van der Waals surface area contributed by atoms with E-state index < -0.39 is 24.0 Å². The van der Waals surface area contributed by atoms with Gasteiger partial charge in [0.1, 0.15) is 22.9 Å². The van der Waals surface area contributed by atoms with Crippen molar-refractivity contribution in [1.82, 2.24) is 0 Å². The van der Waals surface area contributed by atoms with Gasteiger partial charge in [0.15, 0.2) is 6.61 Å². The van der Waals surface area contributed by atoms with Gasteiger partial charge in [0.05, 0.1) is 18.5 Å². The molecule has 0 atom stereocenters. The molecule has 1 aliphatic heterocycles. The monoisotopic (exact) mass is 419 g/mol. The van der Waals surface area contributed by atoms with Crippen LogP contribution < -0.4 is 15.0 Å². The van der Waals surface area contributed by atoms with E-state index in [1.54, 1.807) is 68.4 Å². The number of methoxy groups -OCH3 is 1. The standard InChI is InChI=1S/C23H21N3O5/c1-23(2)22(29)25-18-6-4-5-7-19(18)26(23)20(27)14-31-21(28)16(13-24)12-15-8-10-17(30-3)11-9-15/h4-12H,14H2,1-3H3,(H,25,29)/b16-12+. The van der Waals surface area contributed by atoms with Gasteiger partial charge >= 0.3 is 5.97 Å². The van der Waals surface area contributed by atoms with Crippen molar-refractivity contribution in [3.63, 3.8) is 0 Å². The first kappa shape index (κ1) is 21.6. The Morgan fingerprint density at radius 2 is 1.84 bits per heavy atom. The van der Waals surface area contributed by atoms with Crippen molar-refractivity contribution >= 4 is 35.2 Å². The van der Waals surface area contributed by atoms with Crippen molar-refractivity contribution in [2.45, 2.75) is 19.4 Å².